The Hall–Kier alpha value is -3.05. The van der Waals surface area contributed by atoms with Crippen LogP contribution in [-0.4, -0.2) is 21.3 Å². The second-order valence-electron chi connectivity index (χ2n) is 5.41. The summed E-state index contributed by atoms with van der Waals surface area (Å²) in [7, 11) is 0. The van der Waals surface area contributed by atoms with Crippen LogP contribution < -0.4 is 5.32 Å². The van der Waals surface area contributed by atoms with Crippen LogP contribution in [0.4, 0.5) is 13.9 Å². The quantitative estimate of drug-likeness (QED) is 0.360. The fourth-order valence-electron chi connectivity index (χ4n) is 2.19. The molecule has 0 fully saturated rings. The van der Waals surface area contributed by atoms with E-state index in [-0.39, 0.29) is 22.1 Å². The van der Waals surface area contributed by atoms with Crippen molar-refractivity contribution in [1.82, 2.24) is 15.4 Å². The van der Waals surface area contributed by atoms with E-state index in [0.29, 0.717) is 15.9 Å². The van der Waals surface area contributed by atoms with Gasteiger partial charge in [-0.1, -0.05) is 28.3 Å². The van der Waals surface area contributed by atoms with Gasteiger partial charge in [0.25, 0.3) is 5.91 Å². The number of nitrogens with one attached hydrogen (secondary N) is 1. The van der Waals surface area contributed by atoms with Gasteiger partial charge >= 0.3 is 0 Å². The van der Waals surface area contributed by atoms with E-state index in [1.165, 1.54) is 24.1 Å². The number of furan rings is 1. The average molecular weight is 420 g/mol. The van der Waals surface area contributed by atoms with Crippen LogP contribution in [0.25, 0.3) is 11.5 Å². The van der Waals surface area contributed by atoms with E-state index in [4.69, 9.17) is 8.94 Å². The third kappa shape index (κ3) is 4.10. The lowest BCUT2D eigenvalue weighted by Gasteiger charge is -2.00. The fraction of sp³-hybridized carbons (Fsp3) is 0.0588. The highest BCUT2D eigenvalue weighted by molar-refractivity contribution is 8.00. The number of hydrogen-bond acceptors (Lipinski definition) is 8. The fourth-order valence-corrected chi connectivity index (χ4v) is 3.91. The van der Waals surface area contributed by atoms with Gasteiger partial charge in [0.15, 0.2) is 15.8 Å². The number of nitrogens with zero attached hydrogens (tertiary/aromatic N) is 3. The molecule has 0 atom stereocenters. The molecular formula is C17H10F2N4O3S2. The smallest absolute Gasteiger partial charge is 0.279 e. The van der Waals surface area contributed by atoms with Crippen molar-refractivity contribution in [2.24, 2.45) is 0 Å². The third-order valence-electron chi connectivity index (χ3n) is 3.49. The number of benzene rings is 1. The van der Waals surface area contributed by atoms with Crippen molar-refractivity contribution in [3.05, 3.63) is 65.6 Å². The van der Waals surface area contributed by atoms with Gasteiger partial charge in [0.05, 0.1) is 6.26 Å². The lowest BCUT2D eigenvalue weighted by molar-refractivity contribution is 0.101. The van der Waals surface area contributed by atoms with Gasteiger partial charge in [-0.05, 0) is 30.3 Å². The van der Waals surface area contributed by atoms with Crippen LogP contribution in [-0.2, 0) is 5.75 Å². The molecule has 7 nitrogen and oxygen atoms in total. The minimum absolute atomic E-state index is 0.0534. The van der Waals surface area contributed by atoms with Crippen LogP contribution in [0.15, 0.2) is 55.9 Å². The highest BCUT2D eigenvalue weighted by Crippen LogP contribution is 2.29. The second kappa shape index (κ2) is 7.90. The number of hydrogen-bond donors (Lipinski definition) is 1. The topological polar surface area (TPSA) is 94.1 Å². The monoisotopic (exact) mass is 420 g/mol. The normalized spacial score (nSPS) is 10.9. The Balaban J connectivity index is 1.38. The van der Waals surface area contributed by atoms with Crippen LogP contribution in [0.1, 0.15) is 16.1 Å². The predicted octanol–water partition coefficient (Wildman–Crippen LogP) is 4.61. The highest BCUT2D eigenvalue weighted by atomic mass is 32.2. The molecule has 0 saturated heterocycles. The van der Waals surface area contributed by atoms with Gasteiger partial charge in [0.2, 0.25) is 10.9 Å². The van der Waals surface area contributed by atoms with Crippen LogP contribution in [0.5, 0.6) is 0 Å². The molecule has 0 aliphatic rings. The zero-order valence-corrected chi connectivity index (χ0v) is 15.5. The third-order valence-corrected chi connectivity index (χ3v) is 5.51. The van der Waals surface area contributed by atoms with Crippen LogP contribution in [0.2, 0.25) is 0 Å². The molecule has 3 heterocycles. The summed E-state index contributed by atoms with van der Waals surface area (Å²) in [5.74, 6) is -0.576. The average Bonchev–Trinajstić information content (AvgIpc) is 3.43. The Labute approximate surface area is 164 Å². The number of anilines is 1. The standard InChI is InChI=1S/C17H10F2N4O3S2/c18-10-3-4-11(19)9(6-10)8-27-17-22-21-16(28-17)20-15(24)12-7-14(26-23-12)13-2-1-5-25-13/h1-7H,8H2,(H,20,21,24). The number of halogens is 2. The van der Waals surface area contributed by atoms with E-state index in [0.717, 1.165) is 29.5 Å². The summed E-state index contributed by atoms with van der Waals surface area (Å²) >= 11 is 2.29. The lowest BCUT2D eigenvalue weighted by Crippen LogP contribution is -2.11. The summed E-state index contributed by atoms with van der Waals surface area (Å²) in [6, 6.07) is 8.08. The zero-order chi connectivity index (χ0) is 19.5. The van der Waals surface area contributed by atoms with Crippen molar-refractivity contribution < 1.29 is 22.5 Å². The van der Waals surface area contributed by atoms with Crippen molar-refractivity contribution in [1.29, 1.82) is 0 Å². The van der Waals surface area contributed by atoms with Gasteiger partial charge in [-0.3, -0.25) is 10.1 Å². The maximum absolute atomic E-state index is 13.6. The number of rotatable bonds is 6. The summed E-state index contributed by atoms with van der Waals surface area (Å²) in [4.78, 5) is 12.2. The molecule has 0 saturated carbocycles. The number of amides is 1. The SMILES string of the molecule is O=C(Nc1nnc(SCc2cc(F)ccc2F)s1)c1cc(-c2ccco2)on1. The Kier molecular flexibility index (Phi) is 5.17. The summed E-state index contributed by atoms with van der Waals surface area (Å²) in [5.41, 5.74) is 0.275. The number of carbonyl (C=O) groups excluding carboxylic acids is 1. The molecule has 0 radical (unpaired) electrons. The van der Waals surface area contributed by atoms with Gasteiger partial charge < -0.3 is 8.94 Å². The van der Waals surface area contributed by atoms with Crippen molar-refractivity contribution in [3.63, 3.8) is 0 Å². The molecule has 11 heteroatoms. The molecule has 0 spiro atoms. The number of carbonyl (C=O) groups is 1. The zero-order valence-electron chi connectivity index (χ0n) is 13.9. The van der Waals surface area contributed by atoms with Crippen LogP contribution >= 0.6 is 23.1 Å². The van der Waals surface area contributed by atoms with Crippen molar-refractivity contribution in [2.45, 2.75) is 10.1 Å². The molecule has 1 amide bonds. The number of thioether (sulfide) groups is 1. The van der Waals surface area contributed by atoms with Gasteiger partial charge in [0, 0.05) is 17.4 Å². The molecular weight excluding hydrogens is 410 g/mol. The van der Waals surface area contributed by atoms with E-state index in [9.17, 15) is 13.6 Å². The van der Waals surface area contributed by atoms with E-state index >= 15 is 0 Å². The van der Waals surface area contributed by atoms with Gasteiger partial charge in [-0.25, -0.2) is 8.78 Å². The van der Waals surface area contributed by atoms with E-state index in [2.05, 4.69) is 20.7 Å². The maximum Gasteiger partial charge on any atom is 0.279 e. The van der Waals surface area contributed by atoms with Crippen LogP contribution in [0, 0.1) is 11.6 Å². The highest BCUT2D eigenvalue weighted by Gasteiger charge is 2.17. The Morgan fingerprint density at radius 3 is 2.89 bits per heavy atom. The lowest BCUT2D eigenvalue weighted by atomic mass is 10.2. The summed E-state index contributed by atoms with van der Waals surface area (Å²) in [5, 5.41) is 14.3. The molecule has 1 aromatic carbocycles. The molecule has 3 aromatic heterocycles. The minimum Gasteiger partial charge on any atom is -0.461 e. The molecule has 4 aromatic rings. The first-order valence-electron chi connectivity index (χ1n) is 7.80. The second-order valence-corrected chi connectivity index (χ2v) is 7.61. The van der Waals surface area contributed by atoms with Gasteiger partial charge in [-0.2, -0.15) is 0 Å². The molecule has 1 N–H and O–H groups in total. The predicted molar refractivity (Wildman–Crippen MR) is 98.0 cm³/mol. The van der Waals surface area contributed by atoms with Gasteiger partial charge in [-0.15, -0.1) is 10.2 Å². The van der Waals surface area contributed by atoms with E-state index in [1.54, 1.807) is 12.1 Å². The first-order chi connectivity index (χ1) is 13.6. The Morgan fingerprint density at radius 2 is 2.07 bits per heavy atom. The summed E-state index contributed by atoms with van der Waals surface area (Å²) < 4.78 is 37.6. The van der Waals surface area contributed by atoms with E-state index < -0.39 is 17.5 Å². The molecule has 0 aliphatic carbocycles. The molecule has 4 rings (SSSR count). The van der Waals surface area contributed by atoms with Crippen molar-refractivity contribution in [3.8, 4) is 11.5 Å². The Bertz CT molecular complexity index is 1110. The van der Waals surface area contributed by atoms with Gasteiger partial charge in [0.1, 0.15) is 11.6 Å². The Morgan fingerprint density at radius 1 is 1.18 bits per heavy atom. The van der Waals surface area contributed by atoms with Crippen molar-refractivity contribution >= 4 is 34.1 Å². The largest absolute Gasteiger partial charge is 0.461 e. The molecule has 0 aliphatic heterocycles. The summed E-state index contributed by atoms with van der Waals surface area (Å²) in [6.07, 6.45) is 1.48. The van der Waals surface area contributed by atoms with Crippen molar-refractivity contribution in [2.75, 3.05) is 5.32 Å². The molecule has 0 bridgehead atoms. The summed E-state index contributed by atoms with van der Waals surface area (Å²) in [6.45, 7) is 0. The number of aromatic nitrogens is 3. The molecule has 142 valence electrons. The maximum atomic E-state index is 13.6. The first kappa shape index (κ1) is 18.3. The molecule has 0 unspecified atom stereocenters. The minimum atomic E-state index is -0.523. The first-order valence-corrected chi connectivity index (χ1v) is 9.61. The van der Waals surface area contributed by atoms with Crippen LogP contribution in [0.3, 0.4) is 0 Å². The van der Waals surface area contributed by atoms with E-state index in [1.807, 2.05) is 0 Å². The molecule has 28 heavy (non-hydrogen) atoms.